The summed E-state index contributed by atoms with van der Waals surface area (Å²) in [6.45, 7) is 3.46. The van der Waals surface area contributed by atoms with Crippen molar-refractivity contribution in [1.29, 1.82) is 0 Å². The second-order valence-corrected chi connectivity index (χ2v) is 4.42. The average molecular weight is 284 g/mol. The van der Waals surface area contributed by atoms with E-state index in [1.165, 1.54) is 0 Å². The molecule has 0 radical (unpaired) electrons. The summed E-state index contributed by atoms with van der Waals surface area (Å²) in [4.78, 5) is 21.6. The van der Waals surface area contributed by atoms with Crippen molar-refractivity contribution in [3.63, 3.8) is 0 Å². The van der Waals surface area contributed by atoms with Gasteiger partial charge in [0.1, 0.15) is 5.82 Å². The van der Waals surface area contributed by atoms with Crippen molar-refractivity contribution in [2.24, 2.45) is 0 Å². The normalized spacial score (nSPS) is 11.8. The number of nitro benzene ring substituents is 1. The van der Waals surface area contributed by atoms with Crippen molar-refractivity contribution in [3.05, 3.63) is 34.1 Å². The van der Waals surface area contributed by atoms with Gasteiger partial charge in [0, 0.05) is 18.2 Å². The molecule has 0 saturated carbocycles. The van der Waals surface area contributed by atoms with Gasteiger partial charge in [-0.3, -0.25) is 14.9 Å². The minimum Gasteiger partial charge on any atom is -0.477 e. The Balaban J connectivity index is 2.63. The number of nitrogens with zero attached hydrogens (tertiary/aromatic N) is 1. The maximum Gasteiger partial charge on any atom is 0.311 e. The monoisotopic (exact) mass is 284 g/mol. The molecule has 6 nitrogen and oxygen atoms in total. The number of rotatable bonds is 7. The molecule has 1 aromatic rings. The molecule has 1 amide bonds. The van der Waals surface area contributed by atoms with Crippen LogP contribution in [0.15, 0.2) is 18.2 Å². The van der Waals surface area contributed by atoms with Crippen LogP contribution >= 0.6 is 0 Å². The van der Waals surface area contributed by atoms with Crippen molar-refractivity contribution < 1.29 is 18.8 Å². The number of hydrogen-bond donors (Lipinski definition) is 1. The second-order valence-electron chi connectivity index (χ2n) is 4.42. The quantitative estimate of drug-likeness (QED) is 0.615. The highest BCUT2D eigenvalue weighted by Gasteiger charge is 2.17. The molecule has 1 N–H and O–H groups in total. The number of nitrogens with one attached hydrogen (secondary N) is 1. The third-order valence-corrected chi connectivity index (χ3v) is 2.61. The number of carbonyl (C=O) groups excluding carboxylic acids is 1. The van der Waals surface area contributed by atoms with Crippen molar-refractivity contribution >= 4 is 11.6 Å². The van der Waals surface area contributed by atoms with Gasteiger partial charge < -0.3 is 10.1 Å². The molecule has 0 unspecified atom stereocenters. The standard InChI is InChI=1S/C13H17FN2O4/c1-3-4-9(2)15-13(17)8-20-12-7-10(14)5-6-11(12)16(18)19/h5-7,9H,3-4,8H2,1-2H3,(H,15,17)/t9-/m1/s1. The molecule has 20 heavy (non-hydrogen) atoms. The first-order valence-corrected chi connectivity index (χ1v) is 6.30. The number of hydrogen-bond acceptors (Lipinski definition) is 4. The predicted octanol–water partition coefficient (Wildman–Crippen LogP) is 2.42. The van der Waals surface area contributed by atoms with Gasteiger partial charge in [-0.1, -0.05) is 13.3 Å². The Morgan fingerprint density at radius 3 is 2.85 bits per heavy atom. The molecule has 1 atom stereocenters. The number of nitro groups is 1. The van der Waals surface area contributed by atoms with Gasteiger partial charge in [0.2, 0.25) is 5.75 Å². The van der Waals surface area contributed by atoms with E-state index >= 15 is 0 Å². The highest BCUT2D eigenvalue weighted by molar-refractivity contribution is 5.77. The Hall–Kier alpha value is -2.18. The zero-order chi connectivity index (χ0) is 15.1. The highest BCUT2D eigenvalue weighted by Crippen LogP contribution is 2.27. The molecule has 0 saturated heterocycles. The molecule has 0 aliphatic heterocycles. The van der Waals surface area contributed by atoms with E-state index in [4.69, 9.17) is 4.74 Å². The first kappa shape index (κ1) is 15.9. The van der Waals surface area contributed by atoms with E-state index in [2.05, 4.69) is 5.32 Å². The van der Waals surface area contributed by atoms with Crippen LogP contribution in [0.3, 0.4) is 0 Å². The summed E-state index contributed by atoms with van der Waals surface area (Å²) in [5.74, 6) is -1.32. The summed E-state index contributed by atoms with van der Waals surface area (Å²) in [6.07, 6.45) is 1.75. The summed E-state index contributed by atoms with van der Waals surface area (Å²) in [5.41, 5.74) is -0.374. The van der Waals surface area contributed by atoms with E-state index in [1.54, 1.807) is 0 Å². The van der Waals surface area contributed by atoms with E-state index in [1.807, 2.05) is 13.8 Å². The van der Waals surface area contributed by atoms with Gasteiger partial charge in [-0.15, -0.1) is 0 Å². The lowest BCUT2D eigenvalue weighted by atomic mass is 10.2. The first-order valence-electron chi connectivity index (χ1n) is 6.30. The molecular weight excluding hydrogens is 267 g/mol. The van der Waals surface area contributed by atoms with Gasteiger partial charge in [-0.25, -0.2) is 4.39 Å². The molecule has 0 aliphatic carbocycles. The lowest BCUT2D eigenvalue weighted by molar-refractivity contribution is -0.385. The van der Waals surface area contributed by atoms with Gasteiger partial charge in [0.15, 0.2) is 6.61 Å². The molecule has 0 heterocycles. The smallest absolute Gasteiger partial charge is 0.311 e. The summed E-state index contributed by atoms with van der Waals surface area (Å²) >= 11 is 0. The van der Waals surface area contributed by atoms with Gasteiger partial charge in [0.05, 0.1) is 4.92 Å². The van der Waals surface area contributed by atoms with Gasteiger partial charge in [-0.2, -0.15) is 0 Å². The molecule has 0 aliphatic rings. The van der Waals surface area contributed by atoms with Crippen LogP contribution in [0.4, 0.5) is 10.1 Å². The molecule has 1 rings (SSSR count). The third-order valence-electron chi connectivity index (χ3n) is 2.61. The maximum absolute atomic E-state index is 13.0. The minimum atomic E-state index is -0.688. The van der Waals surface area contributed by atoms with E-state index in [9.17, 15) is 19.3 Å². The maximum atomic E-state index is 13.0. The zero-order valence-corrected chi connectivity index (χ0v) is 11.4. The third kappa shape index (κ3) is 4.83. The highest BCUT2D eigenvalue weighted by atomic mass is 19.1. The first-order chi connectivity index (χ1) is 9.43. The molecule has 1 aromatic carbocycles. The minimum absolute atomic E-state index is 0.00130. The molecule has 110 valence electrons. The molecule has 0 aromatic heterocycles. The number of carbonyl (C=O) groups is 1. The molecule has 7 heteroatoms. The molecular formula is C13H17FN2O4. The zero-order valence-electron chi connectivity index (χ0n) is 11.4. The Morgan fingerprint density at radius 1 is 1.55 bits per heavy atom. The summed E-state index contributed by atoms with van der Waals surface area (Å²) < 4.78 is 18.1. The van der Waals surface area contributed by atoms with Crippen molar-refractivity contribution in [1.82, 2.24) is 5.32 Å². The van der Waals surface area contributed by atoms with E-state index in [-0.39, 0.29) is 17.5 Å². The Labute approximate surface area is 116 Å². The van der Waals surface area contributed by atoms with Crippen LogP contribution in [-0.4, -0.2) is 23.5 Å². The Kier molecular flexibility index (Phi) is 5.89. The average Bonchev–Trinajstić information content (AvgIpc) is 2.36. The SMILES string of the molecule is CCC[C@@H](C)NC(=O)COc1cc(F)ccc1[N+](=O)[O-]. The fourth-order valence-electron chi connectivity index (χ4n) is 1.72. The van der Waals surface area contributed by atoms with Crippen LogP contribution in [0.2, 0.25) is 0 Å². The van der Waals surface area contributed by atoms with Crippen LogP contribution in [0, 0.1) is 15.9 Å². The van der Waals surface area contributed by atoms with Crippen LogP contribution in [0.25, 0.3) is 0 Å². The van der Waals surface area contributed by atoms with E-state index in [0.717, 1.165) is 31.0 Å². The topological polar surface area (TPSA) is 81.5 Å². The number of amides is 1. The Bertz CT molecular complexity index is 493. The summed E-state index contributed by atoms with van der Waals surface area (Å²) in [6, 6.07) is 2.86. The van der Waals surface area contributed by atoms with Gasteiger partial charge in [-0.05, 0) is 19.4 Å². The van der Waals surface area contributed by atoms with Crippen molar-refractivity contribution in [3.8, 4) is 5.75 Å². The van der Waals surface area contributed by atoms with Gasteiger partial charge >= 0.3 is 5.69 Å². The van der Waals surface area contributed by atoms with E-state index < -0.39 is 23.3 Å². The number of halogens is 1. The van der Waals surface area contributed by atoms with Crippen LogP contribution < -0.4 is 10.1 Å². The summed E-state index contributed by atoms with van der Waals surface area (Å²) in [5, 5.41) is 13.4. The Morgan fingerprint density at radius 2 is 2.25 bits per heavy atom. The lowest BCUT2D eigenvalue weighted by Gasteiger charge is -2.13. The molecule has 0 fully saturated rings. The largest absolute Gasteiger partial charge is 0.477 e. The van der Waals surface area contributed by atoms with Crippen LogP contribution in [-0.2, 0) is 4.79 Å². The second kappa shape index (κ2) is 7.42. The van der Waals surface area contributed by atoms with Gasteiger partial charge in [0.25, 0.3) is 5.91 Å². The number of benzene rings is 1. The van der Waals surface area contributed by atoms with Crippen LogP contribution in [0.5, 0.6) is 5.75 Å². The van der Waals surface area contributed by atoms with Crippen molar-refractivity contribution in [2.75, 3.05) is 6.61 Å². The van der Waals surface area contributed by atoms with E-state index in [0.29, 0.717) is 0 Å². The van der Waals surface area contributed by atoms with Crippen molar-refractivity contribution in [2.45, 2.75) is 32.7 Å². The lowest BCUT2D eigenvalue weighted by Crippen LogP contribution is -2.36. The van der Waals surface area contributed by atoms with Crippen LogP contribution in [0.1, 0.15) is 26.7 Å². The molecule has 0 spiro atoms. The molecule has 0 bridgehead atoms. The predicted molar refractivity (Wildman–Crippen MR) is 71.1 cm³/mol. The fraction of sp³-hybridized carbons (Fsp3) is 0.462. The fourth-order valence-corrected chi connectivity index (χ4v) is 1.72. The number of ether oxygens (including phenoxy) is 1. The summed E-state index contributed by atoms with van der Waals surface area (Å²) in [7, 11) is 0.